The lowest BCUT2D eigenvalue weighted by molar-refractivity contribution is -0.0393. The van der Waals surface area contributed by atoms with Gasteiger partial charge in [0.1, 0.15) is 5.75 Å². The van der Waals surface area contributed by atoms with Crippen molar-refractivity contribution < 1.29 is 10.2 Å². The molecule has 0 atom stereocenters. The second-order valence-corrected chi connectivity index (χ2v) is 3.88. The molecule has 2 nitrogen and oxygen atoms in total. The maximum atomic E-state index is 10.1. The van der Waals surface area contributed by atoms with Crippen molar-refractivity contribution in [2.24, 2.45) is 0 Å². The van der Waals surface area contributed by atoms with Crippen LogP contribution < -0.4 is 0 Å². The zero-order chi connectivity index (χ0) is 9.47. The molecule has 1 aliphatic rings. The summed E-state index contributed by atoms with van der Waals surface area (Å²) in [7, 11) is 0. The molecule has 1 saturated carbocycles. The fourth-order valence-electron chi connectivity index (χ4n) is 1.95. The predicted octanol–water partition coefficient (Wildman–Crippen LogP) is 2.07. The first kappa shape index (κ1) is 8.57. The third-order valence-electron chi connectivity index (χ3n) is 2.89. The van der Waals surface area contributed by atoms with Crippen LogP contribution in [0.1, 0.15) is 30.4 Å². The third kappa shape index (κ3) is 1.31. The molecule has 13 heavy (non-hydrogen) atoms. The molecule has 2 N–H and O–H groups in total. The summed E-state index contributed by atoms with van der Waals surface area (Å²) in [5, 5.41) is 19.3. The highest BCUT2D eigenvalue weighted by Gasteiger charge is 2.37. The average Bonchev–Trinajstić information content (AvgIpc) is 2.00. The summed E-state index contributed by atoms with van der Waals surface area (Å²) in [6.07, 6.45) is 2.79. The molecule has 0 radical (unpaired) electrons. The second kappa shape index (κ2) is 2.74. The van der Waals surface area contributed by atoms with Crippen molar-refractivity contribution in [1.29, 1.82) is 0 Å². The van der Waals surface area contributed by atoms with Crippen LogP contribution in [0.4, 0.5) is 0 Å². The maximum absolute atomic E-state index is 10.1. The van der Waals surface area contributed by atoms with Crippen molar-refractivity contribution in [2.45, 2.75) is 31.8 Å². The Kier molecular flexibility index (Phi) is 1.81. The average molecular weight is 178 g/mol. The number of hydrogen-bond donors (Lipinski definition) is 2. The minimum Gasteiger partial charge on any atom is -0.508 e. The molecular weight excluding hydrogens is 164 g/mol. The zero-order valence-corrected chi connectivity index (χ0v) is 7.75. The fraction of sp³-hybridized carbons (Fsp3) is 0.455. The molecule has 0 amide bonds. The standard InChI is InChI=1S/C11H14O2/c1-8-7-9(12)3-4-10(8)11(13)5-2-6-11/h3-4,7,12-13H,2,5-6H2,1H3. The van der Waals surface area contributed by atoms with E-state index in [0.717, 1.165) is 30.4 Å². The molecule has 2 heteroatoms. The Balaban J connectivity index is 2.40. The van der Waals surface area contributed by atoms with Crippen molar-refractivity contribution >= 4 is 0 Å². The molecule has 0 unspecified atom stereocenters. The molecule has 70 valence electrons. The van der Waals surface area contributed by atoms with Crippen LogP contribution in [0.15, 0.2) is 18.2 Å². The highest BCUT2D eigenvalue weighted by atomic mass is 16.3. The van der Waals surface area contributed by atoms with E-state index < -0.39 is 5.60 Å². The summed E-state index contributed by atoms with van der Waals surface area (Å²) in [4.78, 5) is 0. The Hall–Kier alpha value is -1.02. The summed E-state index contributed by atoms with van der Waals surface area (Å²) >= 11 is 0. The number of benzene rings is 1. The third-order valence-corrected chi connectivity index (χ3v) is 2.89. The van der Waals surface area contributed by atoms with Gasteiger partial charge in [-0.2, -0.15) is 0 Å². The predicted molar refractivity (Wildman–Crippen MR) is 50.6 cm³/mol. The highest BCUT2D eigenvalue weighted by Crippen LogP contribution is 2.42. The Morgan fingerprint density at radius 1 is 1.31 bits per heavy atom. The molecule has 2 rings (SSSR count). The van der Waals surface area contributed by atoms with Gasteiger partial charge in [-0.25, -0.2) is 0 Å². The van der Waals surface area contributed by atoms with Crippen LogP contribution >= 0.6 is 0 Å². The lowest BCUT2D eigenvalue weighted by Crippen LogP contribution is -2.34. The molecule has 0 saturated heterocycles. The van der Waals surface area contributed by atoms with Crippen LogP contribution in [0, 0.1) is 6.92 Å². The number of hydrogen-bond acceptors (Lipinski definition) is 2. The molecule has 0 spiro atoms. The van der Waals surface area contributed by atoms with Gasteiger partial charge in [0, 0.05) is 0 Å². The molecular formula is C11H14O2. The minimum absolute atomic E-state index is 0.268. The molecule has 0 aromatic heterocycles. The van der Waals surface area contributed by atoms with E-state index in [1.165, 1.54) is 0 Å². The van der Waals surface area contributed by atoms with Crippen molar-refractivity contribution in [3.05, 3.63) is 29.3 Å². The van der Waals surface area contributed by atoms with Crippen molar-refractivity contribution in [3.8, 4) is 5.75 Å². The van der Waals surface area contributed by atoms with Crippen LogP contribution in [-0.4, -0.2) is 10.2 Å². The van der Waals surface area contributed by atoms with Gasteiger partial charge in [-0.1, -0.05) is 6.07 Å². The zero-order valence-electron chi connectivity index (χ0n) is 7.75. The minimum atomic E-state index is -0.613. The van der Waals surface area contributed by atoms with Gasteiger partial charge >= 0.3 is 0 Å². The lowest BCUT2D eigenvalue weighted by atomic mass is 9.74. The molecule has 1 fully saturated rings. The summed E-state index contributed by atoms with van der Waals surface area (Å²) in [5.74, 6) is 0.268. The van der Waals surface area contributed by atoms with Gasteiger partial charge < -0.3 is 10.2 Å². The summed E-state index contributed by atoms with van der Waals surface area (Å²) in [5.41, 5.74) is 1.33. The number of aryl methyl sites for hydroxylation is 1. The van der Waals surface area contributed by atoms with Gasteiger partial charge in [0.15, 0.2) is 0 Å². The number of phenols is 1. The van der Waals surface area contributed by atoms with Crippen LogP contribution in [0.25, 0.3) is 0 Å². The van der Waals surface area contributed by atoms with E-state index in [1.807, 2.05) is 13.0 Å². The van der Waals surface area contributed by atoms with E-state index in [4.69, 9.17) is 0 Å². The smallest absolute Gasteiger partial charge is 0.115 e. The first-order chi connectivity index (χ1) is 6.12. The van der Waals surface area contributed by atoms with Crippen LogP contribution in [-0.2, 0) is 5.60 Å². The normalized spacial score (nSPS) is 19.5. The van der Waals surface area contributed by atoms with E-state index in [1.54, 1.807) is 12.1 Å². The molecule has 0 bridgehead atoms. The Morgan fingerprint density at radius 3 is 2.46 bits per heavy atom. The maximum Gasteiger partial charge on any atom is 0.115 e. The molecule has 0 aliphatic heterocycles. The van der Waals surface area contributed by atoms with Gasteiger partial charge in [0.2, 0.25) is 0 Å². The van der Waals surface area contributed by atoms with Gasteiger partial charge in [-0.15, -0.1) is 0 Å². The van der Waals surface area contributed by atoms with Crippen molar-refractivity contribution in [2.75, 3.05) is 0 Å². The van der Waals surface area contributed by atoms with Crippen LogP contribution in [0.5, 0.6) is 5.75 Å². The summed E-state index contributed by atoms with van der Waals surface area (Å²) in [6, 6.07) is 5.16. The van der Waals surface area contributed by atoms with E-state index in [-0.39, 0.29) is 5.75 Å². The first-order valence-electron chi connectivity index (χ1n) is 4.64. The van der Waals surface area contributed by atoms with Crippen LogP contribution in [0.3, 0.4) is 0 Å². The van der Waals surface area contributed by atoms with Gasteiger partial charge in [-0.05, 0) is 49.4 Å². The summed E-state index contributed by atoms with van der Waals surface area (Å²) < 4.78 is 0. The molecule has 0 heterocycles. The molecule has 1 aromatic carbocycles. The quantitative estimate of drug-likeness (QED) is 0.691. The topological polar surface area (TPSA) is 40.5 Å². The monoisotopic (exact) mass is 178 g/mol. The molecule has 1 aromatic rings. The van der Waals surface area contributed by atoms with Gasteiger partial charge in [0.05, 0.1) is 5.60 Å². The largest absolute Gasteiger partial charge is 0.508 e. The van der Waals surface area contributed by atoms with Crippen LogP contribution in [0.2, 0.25) is 0 Å². The van der Waals surface area contributed by atoms with Crippen molar-refractivity contribution in [1.82, 2.24) is 0 Å². The van der Waals surface area contributed by atoms with Crippen molar-refractivity contribution in [3.63, 3.8) is 0 Å². The van der Waals surface area contributed by atoms with Gasteiger partial charge in [-0.3, -0.25) is 0 Å². The Bertz CT molecular complexity index is 327. The Labute approximate surface area is 77.8 Å². The Morgan fingerprint density at radius 2 is 2.00 bits per heavy atom. The SMILES string of the molecule is Cc1cc(O)ccc1C1(O)CCC1. The lowest BCUT2D eigenvalue weighted by Gasteiger charge is -2.38. The number of aliphatic hydroxyl groups is 1. The summed E-state index contributed by atoms with van der Waals surface area (Å²) in [6.45, 7) is 1.92. The van der Waals surface area contributed by atoms with E-state index in [0.29, 0.717) is 0 Å². The number of phenolic OH excluding ortho intramolecular Hbond substituents is 1. The van der Waals surface area contributed by atoms with E-state index in [9.17, 15) is 10.2 Å². The fourth-order valence-corrected chi connectivity index (χ4v) is 1.95. The van der Waals surface area contributed by atoms with Gasteiger partial charge in [0.25, 0.3) is 0 Å². The van der Waals surface area contributed by atoms with E-state index in [2.05, 4.69) is 0 Å². The van der Waals surface area contributed by atoms with E-state index >= 15 is 0 Å². The second-order valence-electron chi connectivity index (χ2n) is 3.88. The number of aromatic hydroxyl groups is 1. The number of rotatable bonds is 1. The highest BCUT2D eigenvalue weighted by molar-refractivity contribution is 5.38. The molecule has 1 aliphatic carbocycles. The first-order valence-corrected chi connectivity index (χ1v) is 4.64.